The smallest absolute Gasteiger partial charge is 0.295 e. The van der Waals surface area contributed by atoms with Gasteiger partial charge in [-0.1, -0.05) is 43.1 Å². The molecule has 1 unspecified atom stereocenters. The summed E-state index contributed by atoms with van der Waals surface area (Å²) in [6, 6.07) is 7.87. The van der Waals surface area contributed by atoms with E-state index in [2.05, 4.69) is 5.32 Å². The zero-order chi connectivity index (χ0) is 22.0. The van der Waals surface area contributed by atoms with Gasteiger partial charge in [0.15, 0.2) is 17.1 Å². The molecule has 2 heterocycles. The number of carbonyl (C=O) groups excluding carboxylic acids is 3. The first-order valence-corrected chi connectivity index (χ1v) is 9.75. The first-order valence-electron chi connectivity index (χ1n) is 8.99. The standard InChI is InChI=1S/C21H15Cl2FN2O4/c1-9(2)17(27)16-18(28)19(29)26(15-8-11(23)4-6-13(15)24)21(16)12-5-3-10(22)7-14(12)25-20(21)30/h3-9,28H,1-2H3,(H,25,30). The lowest BCUT2D eigenvalue weighted by molar-refractivity contribution is -0.125. The molecule has 4 rings (SSSR count). The Morgan fingerprint density at radius 2 is 1.77 bits per heavy atom. The molecule has 2 amide bonds. The third-order valence-corrected chi connectivity index (χ3v) is 5.68. The van der Waals surface area contributed by atoms with E-state index in [0.29, 0.717) is 5.02 Å². The molecule has 0 aromatic heterocycles. The zero-order valence-electron chi connectivity index (χ0n) is 15.8. The van der Waals surface area contributed by atoms with Crippen LogP contribution < -0.4 is 10.2 Å². The summed E-state index contributed by atoms with van der Waals surface area (Å²) in [5.74, 6) is -4.91. The largest absolute Gasteiger partial charge is 0.503 e. The van der Waals surface area contributed by atoms with Gasteiger partial charge in [-0.3, -0.25) is 19.3 Å². The monoisotopic (exact) mass is 448 g/mol. The number of nitrogens with one attached hydrogen (secondary N) is 1. The fourth-order valence-corrected chi connectivity index (χ4v) is 4.26. The lowest BCUT2D eigenvalue weighted by atomic mass is 9.79. The first kappa shape index (κ1) is 20.4. The summed E-state index contributed by atoms with van der Waals surface area (Å²) in [5, 5.41) is 13.7. The number of nitrogens with zero attached hydrogens (tertiary/aromatic N) is 1. The highest BCUT2D eigenvalue weighted by Crippen LogP contribution is 2.53. The Morgan fingerprint density at radius 1 is 1.13 bits per heavy atom. The molecule has 2 N–H and O–H groups in total. The zero-order valence-corrected chi connectivity index (χ0v) is 17.3. The van der Waals surface area contributed by atoms with Crippen molar-refractivity contribution in [2.45, 2.75) is 19.4 Å². The molecule has 9 heteroatoms. The summed E-state index contributed by atoms with van der Waals surface area (Å²) < 4.78 is 14.8. The predicted molar refractivity (Wildman–Crippen MR) is 110 cm³/mol. The van der Waals surface area contributed by atoms with E-state index >= 15 is 0 Å². The van der Waals surface area contributed by atoms with Crippen molar-refractivity contribution < 1.29 is 23.9 Å². The summed E-state index contributed by atoms with van der Waals surface area (Å²) in [6.07, 6.45) is 0. The van der Waals surface area contributed by atoms with Crippen molar-refractivity contribution in [1.29, 1.82) is 0 Å². The van der Waals surface area contributed by atoms with E-state index < -0.39 is 46.2 Å². The van der Waals surface area contributed by atoms with E-state index in [0.717, 1.165) is 17.0 Å². The van der Waals surface area contributed by atoms with E-state index in [-0.39, 0.29) is 22.0 Å². The Hall–Kier alpha value is -2.90. The molecule has 154 valence electrons. The van der Waals surface area contributed by atoms with Crippen molar-refractivity contribution in [2.24, 2.45) is 5.92 Å². The van der Waals surface area contributed by atoms with Gasteiger partial charge in [0.05, 0.1) is 11.3 Å². The summed E-state index contributed by atoms with van der Waals surface area (Å²) >= 11 is 12.1. The minimum Gasteiger partial charge on any atom is -0.503 e. The molecule has 2 aliphatic heterocycles. The highest BCUT2D eigenvalue weighted by atomic mass is 35.5. The number of halogens is 3. The van der Waals surface area contributed by atoms with Crippen LogP contribution in [0.3, 0.4) is 0 Å². The van der Waals surface area contributed by atoms with Crippen LogP contribution in [0.2, 0.25) is 10.0 Å². The summed E-state index contributed by atoms with van der Waals surface area (Å²) in [4.78, 5) is 40.4. The van der Waals surface area contributed by atoms with Crippen LogP contribution >= 0.6 is 23.2 Å². The highest BCUT2D eigenvalue weighted by molar-refractivity contribution is 6.33. The number of aliphatic hydroxyl groups excluding tert-OH is 1. The number of hydrogen-bond acceptors (Lipinski definition) is 4. The Labute approximate surface area is 180 Å². The first-order chi connectivity index (χ1) is 14.1. The topological polar surface area (TPSA) is 86.7 Å². The summed E-state index contributed by atoms with van der Waals surface area (Å²) in [7, 11) is 0. The average molecular weight is 449 g/mol. The molecule has 1 atom stereocenters. The number of amides is 2. The van der Waals surface area contributed by atoms with Crippen LogP contribution in [-0.4, -0.2) is 22.7 Å². The van der Waals surface area contributed by atoms with Gasteiger partial charge in [-0.05, 0) is 30.3 Å². The van der Waals surface area contributed by atoms with Gasteiger partial charge in [-0.25, -0.2) is 4.39 Å². The number of anilines is 2. The van der Waals surface area contributed by atoms with E-state index in [1.807, 2.05) is 0 Å². The van der Waals surface area contributed by atoms with Crippen LogP contribution in [0.4, 0.5) is 15.8 Å². The van der Waals surface area contributed by atoms with Crippen LogP contribution in [0.25, 0.3) is 0 Å². The van der Waals surface area contributed by atoms with Gasteiger partial charge in [-0.15, -0.1) is 0 Å². The van der Waals surface area contributed by atoms with Crippen LogP contribution in [-0.2, 0) is 19.9 Å². The number of benzene rings is 2. The number of fused-ring (bicyclic) bond motifs is 2. The quantitative estimate of drug-likeness (QED) is 0.729. The molecule has 0 fully saturated rings. The van der Waals surface area contributed by atoms with Crippen molar-refractivity contribution in [1.82, 2.24) is 0 Å². The predicted octanol–water partition coefficient (Wildman–Crippen LogP) is 4.36. The van der Waals surface area contributed by atoms with Gasteiger partial charge in [0.1, 0.15) is 5.82 Å². The third kappa shape index (κ3) is 2.58. The SMILES string of the molecule is CC(C)C(=O)C1=C(O)C(=O)N(c2cc(Cl)ccc2F)C12C(=O)Nc1cc(Cl)ccc12. The summed E-state index contributed by atoms with van der Waals surface area (Å²) in [5.41, 5.74) is -2.42. The summed E-state index contributed by atoms with van der Waals surface area (Å²) in [6.45, 7) is 3.14. The fourth-order valence-electron chi connectivity index (χ4n) is 3.92. The highest BCUT2D eigenvalue weighted by Gasteiger charge is 2.64. The lowest BCUT2D eigenvalue weighted by Gasteiger charge is -2.35. The van der Waals surface area contributed by atoms with Gasteiger partial charge in [0.2, 0.25) is 0 Å². The van der Waals surface area contributed by atoms with Crippen LogP contribution in [0.1, 0.15) is 19.4 Å². The molecular weight excluding hydrogens is 434 g/mol. The molecule has 0 saturated carbocycles. The van der Waals surface area contributed by atoms with E-state index in [4.69, 9.17) is 23.2 Å². The second-order valence-electron chi connectivity index (χ2n) is 7.33. The number of ketones is 1. The van der Waals surface area contributed by atoms with Gasteiger partial charge >= 0.3 is 0 Å². The Bertz CT molecular complexity index is 1180. The fraction of sp³-hybridized carbons (Fsp3) is 0.190. The van der Waals surface area contributed by atoms with Gasteiger partial charge in [0, 0.05) is 27.2 Å². The van der Waals surface area contributed by atoms with E-state index in [1.165, 1.54) is 24.3 Å². The Balaban J connectivity index is 2.11. The average Bonchev–Trinajstić information content (AvgIpc) is 3.08. The number of aliphatic hydroxyl groups is 1. The maximum absolute atomic E-state index is 14.8. The van der Waals surface area contributed by atoms with Crippen molar-refractivity contribution in [3.05, 3.63) is 69.2 Å². The minimum atomic E-state index is -2.10. The molecule has 0 bridgehead atoms. The van der Waals surface area contributed by atoms with Crippen molar-refractivity contribution in [3.8, 4) is 0 Å². The molecule has 2 aliphatic rings. The second kappa shape index (κ2) is 6.82. The molecule has 0 aliphatic carbocycles. The van der Waals surface area contributed by atoms with E-state index in [9.17, 15) is 23.9 Å². The normalized spacial score (nSPS) is 20.4. The maximum Gasteiger partial charge on any atom is 0.295 e. The van der Waals surface area contributed by atoms with E-state index in [1.54, 1.807) is 13.8 Å². The van der Waals surface area contributed by atoms with Crippen molar-refractivity contribution in [3.63, 3.8) is 0 Å². The van der Waals surface area contributed by atoms with Crippen LogP contribution in [0, 0.1) is 11.7 Å². The third-order valence-electron chi connectivity index (χ3n) is 5.21. The molecule has 0 radical (unpaired) electrons. The molecule has 2 aromatic carbocycles. The Kier molecular flexibility index (Phi) is 4.63. The van der Waals surface area contributed by atoms with Crippen molar-refractivity contribution >= 4 is 52.2 Å². The molecule has 2 aromatic rings. The Morgan fingerprint density at radius 3 is 2.43 bits per heavy atom. The number of Topliss-reactive ketones (excluding diaryl/α,β-unsaturated/α-hetero) is 1. The number of rotatable bonds is 3. The molecule has 0 saturated heterocycles. The molecule has 30 heavy (non-hydrogen) atoms. The van der Waals surface area contributed by atoms with Crippen LogP contribution in [0.15, 0.2) is 47.7 Å². The number of carbonyl (C=O) groups is 3. The van der Waals surface area contributed by atoms with Gasteiger partial charge < -0.3 is 10.4 Å². The maximum atomic E-state index is 14.8. The van der Waals surface area contributed by atoms with Gasteiger partial charge in [-0.2, -0.15) is 0 Å². The molecular formula is C21H15Cl2FN2O4. The van der Waals surface area contributed by atoms with Gasteiger partial charge in [0.25, 0.3) is 11.8 Å². The molecule has 6 nitrogen and oxygen atoms in total. The second-order valence-corrected chi connectivity index (χ2v) is 8.21. The lowest BCUT2D eigenvalue weighted by Crippen LogP contribution is -2.53. The van der Waals surface area contributed by atoms with Crippen molar-refractivity contribution in [2.75, 3.05) is 10.2 Å². The van der Waals surface area contributed by atoms with Crippen LogP contribution in [0.5, 0.6) is 0 Å². The minimum absolute atomic E-state index is 0.104. The molecule has 1 spiro atoms. The number of hydrogen-bond donors (Lipinski definition) is 2.